The minimum atomic E-state index is 0.0921. The van der Waals surface area contributed by atoms with Gasteiger partial charge >= 0.3 is 0 Å². The molecule has 0 spiro atoms. The number of rotatable bonds is 10. The first-order valence-corrected chi connectivity index (χ1v) is 20.3. The lowest BCUT2D eigenvalue weighted by molar-refractivity contribution is 0.506. The Hall–Kier alpha value is -5.86. The molecule has 0 N–H and O–H groups in total. The topological polar surface area (TPSA) is 8.17 Å². The molecule has 0 radical (unpaired) electrons. The molecule has 8 aromatic rings. The smallest absolute Gasteiger partial charge is 0.0541 e. The van der Waals surface area contributed by atoms with Crippen LogP contribution in [0.3, 0.4) is 0 Å². The summed E-state index contributed by atoms with van der Waals surface area (Å²) in [6.07, 6.45) is 2.19. The van der Waals surface area contributed by atoms with Crippen molar-refractivity contribution >= 4 is 38.9 Å². The van der Waals surface area contributed by atoms with Gasteiger partial charge in [-0.25, -0.2) is 0 Å². The first kappa shape index (κ1) is 37.1. The summed E-state index contributed by atoms with van der Waals surface area (Å²) in [6.45, 7) is 18.2. The molecule has 7 aromatic carbocycles. The molecule has 0 unspecified atom stereocenters. The van der Waals surface area contributed by atoms with Gasteiger partial charge in [-0.3, -0.25) is 0 Å². The van der Waals surface area contributed by atoms with Gasteiger partial charge < -0.3 is 9.47 Å². The number of hydrogen-bond acceptors (Lipinski definition) is 1. The molecule has 0 fully saturated rings. The summed E-state index contributed by atoms with van der Waals surface area (Å²) >= 11 is 0. The number of aryl methyl sites for hydroxylation is 2. The van der Waals surface area contributed by atoms with Crippen molar-refractivity contribution in [2.24, 2.45) is 0 Å². The fourth-order valence-corrected chi connectivity index (χ4v) is 7.87. The maximum Gasteiger partial charge on any atom is 0.0541 e. The minimum Gasteiger partial charge on any atom is -0.311 e. The fourth-order valence-electron chi connectivity index (χ4n) is 7.87. The van der Waals surface area contributed by atoms with E-state index in [2.05, 4.69) is 223 Å². The number of anilines is 3. The van der Waals surface area contributed by atoms with Crippen molar-refractivity contribution in [1.82, 2.24) is 4.57 Å². The molecule has 0 aliphatic carbocycles. The van der Waals surface area contributed by atoms with E-state index < -0.39 is 0 Å². The molecule has 0 saturated carbocycles. The summed E-state index contributed by atoms with van der Waals surface area (Å²) in [6, 6.07) is 58.9. The summed E-state index contributed by atoms with van der Waals surface area (Å²) in [7, 11) is 0. The van der Waals surface area contributed by atoms with E-state index in [9.17, 15) is 0 Å². The van der Waals surface area contributed by atoms with E-state index in [-0.39, 0.29) is 10.8 Å². The Bertz CT molecular complexity index is 2590. The molecule has 0 bridgehead atoms. The summed E-state index contributed by atoms with van der Waals surface area (Å²) in [5.41, 5.74) is 17.5. The molecule has 8 rings (SSSR count). The van der Waals surface area contributed by atoms with Crippen molar-refractivity contribution in [2.45, 2.75) is 79.1 Å². The van der Waals surface area contributed by atoms with Gasteiger partial charge in [0, 0.05) is 33.5 Å². The zero-order valence-electron chi connectivity index (χ0n) is 34.3. The zero-order chi connectivity index (χ0) is 39.2. The Labute approximate surface area is 334 Å². The van der Waals surface area contributed by atoms with E-state index in [0.717, 1.165) is 35.6 Å². The van der Waals surface area contributed by atoms with Crippen LogP contribution in [0.2, 0.25) is 0 Å². The quantitative estimate of drug-likeness (QED) is 0.136. The number of hydrogen-bond donors (Lipinski definition) is 0. The van der Waals surface area contributed by atoms with Crippen LogP contribution in [0.15, 0.2) is 158 Å². The lowest BCUT2D eigenvalue weighted by Gasteiger charge is -2.26. The molecule has 2 heteroatoms. The first-order valence-electron chi connectivity index (χ1n) is 20.3. The molecule has 0 atom stereocenters. The highest BCUT2D eigenvalue weighted by Gasteiger charge is 2.22. The van der Waals surface area contributed by atoms with Gasteiger partial charge in [-0.1, -0.05) is 138 Å². The Morgan fingerprint density at radius 1 is 0.429 bits per heavy atom. The highest BCUT2D eigenvalue weighted by atomic mass is 15.1. The second-order valence-corrected chi connectivity index (χ2v) is 17.0. The summed E-state index contributed by atoms with van der Waals surface area (Å²) in [4.78, 5) is 2.33. The van der Waals surface area contributed by atoms with Crippen molar-refractivity contribution in [3.8, 4) is 27.9 Å². The van der Waals surface area contributed by atoms with Gasteiger partial charge in [0.15, 0.2) is 0 Å². The summed E-state index contributed by atoms with van der Waals surface area (Å²) in [5, 5.41) is 2.59. The molecule has 2 nitrogen and oxygen atoms in total. The standard InChI is InChI=1S/C54H54N2/c1-9-53(5,6)43-13-11-12-41(34-43)42-22-32-51-49(35-42)50-36-44(54(7,8)10-2)23-33-52(50)56(51)48-30-20-40(21-31-48)39-18-28-47(29-19-39)55(45-24-14-37(3)15-25-45)46-26-16-38(4)17-27-46/h11-36H,9-10H2,1-8H3. The van der Waals surface area contributed by atoms with Crippen molar-refractivity contribution in [1.29, 1.82) is 0 Å². The molecular weight excluding hydrogens is 677 g/mol. The van der Waals surface area contributed by atoms with Crippen LogP contribution in [0, 0.1) is 13.8 Å². The van der Waals surface area contributed by atoms with Crippen LogP contribution >= 0.6 is 0 Å². The van der Waals surface area contributed by atoms with Gasteiger partial charge in [-0.05, 0) is 144 Å². The second kappa shape index (κ2) is 14.7. The molecule has 0 aliphatic heterocycles. The van der Waals surface area contributed by atoms with Crippen LogP contribution in [-0.2, 0) is 10.8 Å². The van der Waals surface area contributed by atoms with E-state index >= 15 is 0 Å². The van der Waals surface area contributed by atoms with E-state index in [0.29, 0.717) is 0 Å². The first-order chi connectivity index (χ1) is 27.0. The van der Waals surface area contributed by atoms with Crippen LogP contribution in [-0.4, -0.2) is 4.57 Å². The summed E-state index contributed by atoms with van der Waals surface area (Å²) in [5.74, 6) is 0. The number of benzene rings is 7. The minimum absolute atomic E-state index is 0.0921. The maximum atomic E-state index is 2.45. The van der Waals surface area contributed by atoms with Crippen LogP contribution in [0.4, 0.5) is 17.1 Å². The maximum absolute atomic E-state index is 2.45. The average molecular weight is 731 g/mol. The molecule has 0 aliphatic rings. The number of fused-ring (bicyclic) bond motifs is 3. The van der Waals surface area contributed by atoms with Crippen molar-refractivity contribution in [3.05, 3.63) is 180 Å². The van der Waals surface area contributed by atoms with Crippen molar-refractivity contribution < 1.29 is 0 Å². The fraction of sp³-hybridized carbons (Fsp3) is 0.222. The van der Waals surface area contributed by atoms with E-state index in [1.165, 1.54) is 66.3 Å². The second-order valence-electron chi connectivity index (χ2n) is 17.0. The van der Waals surface area contributed by atoms with Gasteiger partial charge in [0.05, 0.1) is 11.0 Å². The third-order valence-corrected chi connectivity index (χ3v) is 12.5. The van der Waals surface area contributed by atoms with Crippen LogP contribution in [0.5, 0.6) is 0 Å². The number of nitrogens with zero attached hydrogens (tertiary/aromatic N) is 2. The Morgan fingerprint density at radius 3 is 1.39 bits per heavy atom. The summed E-state index contributed by atoms with van der Waals surface area (Å²) < 4.78 is 2.45. The van der Waals surface area contributed by atoms with Gasteiger partial charge in [0.2, 0.25) is 0 Å². The van der Waals surface area contributed by atoms with E-state index in [1.807, 2.05) is 0 Å². The van der Waals surface area contributed by atoms with Crippen LogP contribution < -0.4 is 4.90 Å². The highest BCUT2D eigenvalue weighted by Crippen LogP contribution is 2.40. The van der Waals surface area contributed by atoms with Gasteiger partial charge in [0.25, 0.3) is 0 Å². The predicted octanol–water partition coefficient (Wildman–Crippen LogP) is 15.6. The molecular formula is C54H54N2. The molecule has 0 amide bonds. The normalized spacial score (nSPS) is 12.1. The Kier molecular flexibility index (Phi) is 9.71. The Morgan fingerprint density at radius 2 is 0.857 bits per heavy atom. The predicted molar refractivity (Wildman–Crippen MR) is 242 cm³/mol. The monoisotopic (exact) mass is 730 g/mol. The molecule has 56 heavy (non-hydrogen) atoms. The lowest BCUT2D eigenvalue weighted by Crippen LogP contribution is -2.15. The van der Waals surface area contributed by atoms with E-state index in [4.69, 9.17) is 0 Å². The highest BCUT2D eigenvalue weighted by molar-refractivity contribution is 6.10. The van der Waals surface area contributed by atoms with Crippen molar-refractivity contribution in [2.75, 3.05) is 4.90 Å². The molecule has 280 valence electrons. The third kappa shape index (κ3) is 6.94. The van der Waals surface area contributed by atoms with Crippen LogP contribution in [0.25, 0.3) is 49.7 Å². The Balaban J connectivity index is 1.18. The SMILES string of the molecule is CCC(C)(C)c1cccc(-c2ccc3c(c2)c2cc(C(C)(C)CC)ccc2n3-c2ccc(-c3ccc(N(c4ccc(C)cc4)c4ccc(C)cc4)cc3)cc2)c1. The zero-order valence-corrected chi connectivity index (χ0v) is 34.3. The van der Waals surface area contributed by atoms with Crippen molar-refractivity contribution in [3.63, 3.8) is 0 Å². The van der Waals surface area contributed by atoms with Gasteiger partial charge in [0.1, 0.15) is 0 Å². The number of aromatic nitrogens is 1. The van der Waals surface area contributed by atoms with Gasteiger partial charge in [-0.15, -0.1) is 0 Å². The third-order valence-electron chi connectivity index (χ3n) is 12.5. The van der Waals surface area contributed by atoms with E-state index in [1.54, 1.807) is 0 Å². The van der Waals surface area contributed by atoms with Crippen LogP contribution in [0.1, 0.15) is 76.6 Å². The van der Waals surface area contributed by atoms with Gasteiger partial charge in [-0.2, -0.15) is 0 Å². The molecule has 1 heterocycles. The molecule has 0 saturated heterocycles. The molecule has 1 aromatic heterocycles. The average Bonchev–Trinajstić information content (AvgIpc) is 3.56. The lowest BCUT2D eigenvalue weighted by atomic mass is 9.81. The largest absolute Gasteiger partial charge is 0.311 e.